The molecule has 1 saturated carbocycles. The number of urea groups is 1. The molecule has 13 nitrogen and oxygen atoms in total. The Morgan fingerprint density at radius 2 is 1.83 bits per heavy atom. The molecule has 1 aliphatic carbocycles. The third-order valence-corrected chi connectivity index (χ3v) is 7.40. The van der Waals surface area contributed by atoms with Gasteiger partial charge in [0.2, 0.25) is 15.9 Å². The summed E-state index contributed by atoms with van der Waals surface area (Å²) in [4.78, 5) is 37.5. The van der Waals surface area contributed by atoms with Crippen LogP contribution in [0.5, 0.6) is 0 Å². The van der Waals surface area contributed by atoms with E-state index in [-0.39, 0.29) is 22.7 Å². The van der Waals surface area contributed by atoms with Crippen LogP contribution in [0.3, 0.4) is 0 Å². The average Bonchev–Trinajstić information content (AvgIpc) is 3.33. The monoisotopic (exact) mass is 514 g/mol. The first kappa shape index (κ1) is 24.1. The first-order valence-electron chi connectivity index (χ1n) is 11.6. The maximum absolute atomic E-state index is 12.6. The standard InChI is InChI=1S/C22H26N8O5S/c1-2-23-21(31)16-9-10-17(35-16)30-12-26-18-19(24-11-25-20(18)30)28-22(32)27-13-5-7-15(8-6-13)36(33,34)29-14-3-4-14/h5-8,11-12,14,16-17,29H,2-4,9-10H2,1H3,(H,23,31)(H2,24,25,27,28,32)/t16-,17+/m0/s1. The molecule has 14 heteroatoms. The van der Waals surface area contributed by atoms with Crippen molar-refractivity contribution in [1.82, 2.24) is 29.6 Å². The zero-order valence-electron chi connectivity index (χ0n) is 19.5. The molecule has 4 N–H and O–H groups in total. The summed E-state index contributed by atoms with van der Waals surface area (Å²) in [5.41, 5.74) is 1.23. The second kappa shape index (κ2) is 9.79. The lowest BCUT2D eigenvalue weighted by Gasteiger charge is -2.15. The summed E-state index contributed by atoms with van der Waals surface area (Å²) < 4.78 is 34.8. The number of imidazole rings is 1. The van der Waals surface area contributed by atoms with Crippen molar-refractivity contribution >= 4 is 44.6 Å². The molecule has 0 radical (unpaired) electrons. The number of carbonyl (C=O) groups excluding carboxylic acids is 2. The number of aromatic nitrogens is 4. The van der Waals surface area contributed by atoms with Crippen LogP contribution in [0, 0.1) is 0 Å². The number of carbonyl (C=O) groups is 2. The van der Waals surface area contributed by atoms with Crippen molar-refractivity contribution in [2.24, 2.45) is 0 Å². The fourth-order valence-corrected chi connectivity index (χ4v) is 5.24. The number of nitrogens with one attached hydrogen (secondary N) is 4. The van der Waals surface area contributed by atoms with Crippen molar-refractivity contribution in [1.29, 1.82) is 0 Å². The van der Waals surface area contributed by atoms with Gasteiger partial charge < -0.3 is 15.4 Å². The average molecular weight is 515 g/mol. The van der Waals surface area contributed by atoms with E-state index in [1.807, 2.05) is 6.92 Å². The van der Waals surface area contributed by atoms with E-state index in [1.54, 1.807) is 10.9 Å². The molecule has 0 spiro atoms. The predicted octanol–water partition coefficient (Wildman–Crippen LogP) is 1.72. The summed E-state index contributed by atoms with van der Waals surface area (Å²) >= 11 is 0. The topological polar surface area (TPSA) is 169 Å². The Hall–Kier alpha value is -3.62. The smallest absolute Gasteiger partial charge is 0.324 e. The molecule has 1 aromatic carbocycles. The van der Waals surface area contributed by atoms with E-state index in [9.17, 15) is 18.0 Å². The predicted molar refractivity (Wildman–Crippen MR) is 130 cm³/mol. The van der Waals surface area contributed by atoms with Crippen LogP contribution in [-0.2, 0) is 19.6 Å². The minimum atomic E-state index is -3.57. The lowest BCUT2D eigenvalue weighted by Crippen LogP contribution is -2.34. The largest absolute Gasteiger partial charge is 0.354 e. The highest BCUT2D eigenvalue weighted by molar-refractivity contribution is 7.89. The normalized spacial score (nSPS) is 19.8. The van der Waals surface area contributed by atoms with Gasteiger partial charge in [-0.15, -0.1) is 0 Å². The van der Waals surface area contributed by atoms with Gasteiger partial charge in [0.15, 0.2) is 17.0 Å². The first-order valence-corrected chi connectivity index (χ1v) is 13.1. The fraction of sp³-hybridized carbons (Fsp3) is 0.409. The number of ether oxygens (including phenoxy) is 1. The maximum Gasteiger partial charge on any atom is 0.324 e. The quantitative estimate of drug-likeness (QED) is 0.352. The summed E-state index contributed by atoms with van der Waals surface area (Å²) in [7, 11) is -3.57. The van der Waals surface area contributed by atoms with Gasteiger partial charge in [-0.3, -0.25) is 14.7 Å². The van der Waals surface area contributed by atoms with Crippen LogP contribution in [0.2, 0.25) is 0 Å². The molecule has 3 amide bonds. The summed E-state index contributed by atoms with van der Waals surface area (Å²) in [6, 6.07) is 5.31. The van der Waals surface area contributed by atoms with Crippen LogP contribution >= 0.6 is 0 Å². The number of likely N-dealkylation sites (N-methyl/N-ethyl adjacent to an activating group) is 1. The maximum atomic E-state index is 12.6. The highest BCUT2D eigenvalue weighted by Crippen LogP contribution is 2.31. The zero-order valence-corrected chi connectivity index (χ0v) is 20.3. The molecule has 2 fully saturated rings. The SMILES string of the molecule is CCNC(=O)[C@@H]1CC[C@H](n2cnc3c(NC(=O)Nc4ccc(S(=O)(=O)NC5CC5)cc4)ncnc32)O1. The van der Waals surface area contributed by atoms with Crippen LogP contribution in [0.25, 0.3) is 11.2 Å². The van der Waals surface area contributed by atoms with E-state index in [2.05, 4.69) is 35.6 Å². The molecule has 2 aliphatic rings. The van der Waals surface area contributed by atoms with Gasteiger partial charge in [-0.1, -0.05) is 0 Å². The van der Waals surface area contributed by atoms with Gasteiger partial charge in [0.05, 0.1) is 11.2 Å². The van der Waals surface area contributed by atoms with Crippen molar-refractivity contribution in [3.8, 4) is 0 Å². The van der Waals surface area contributed by atoms with E-state index in [0.29, 0.717) is 36.2 Å². The van der Waals surface area contributed by atoms with Gasteiger partial charge in [0.1, 0.15) is 18.7 Å². The fourth-order valence-electron chi connectivity index (χ4n) is 3.94. The Morgan fingerprint density at radius 3 is 2.56 bits per heavy atom. The molecule has 190 valence electrons. The highest BCUT2D eigenvalue weighted by Gasteiger charge is 2.32. The van der Waals surface area contributed by atoms with Gasteiger partial charge in [-0.05, 0) is 56.9 Å². The first-order chi connectivity index (χ1) is 17.3. The zero-order chi connectivity index (χ0) is 25.3. The van der Waals surface area contributed by atoms with Gasteiger partial charge in [0.25, 0.3) is 0 Å². The lowest BCUT2D eigenvalue weighted by atomic mass is 10.2. The Bertz CT molecular complexity index is 1390. The Kier molecular flexibility index (Phi) is 6.55. The Balaban J connectivity index is 1.25. The second-order valence-electron chi connectivity index (χ2n) is 8.60. The summed E-state index contributed by atoms with van der Waals surface area (Å²) in [5, 5.41) is 8.06. The molecule has 36 heavy (non-hydrogen) atoms. The van der Waals surface area contributed by atoms with Crippen LogP contribution in [0.15, 0.2) is 41.8 Å². The minimum Gasteiger partial charge on any atom is -0.354 e. The molecule has 1 aliphatic heterocycles. The van der Waals surface area contributed by atoms with Crippen LogP contribution in [0.4, 0.5) is 16.3 Å². The van der Waals surface area contributed by atoms with E-state index in [4.69, 9.17) is 4.74 Å². The molecule has 3 aromatic rings. The van der Waals surface area contributed by atoms with Gasteiger partial charge in [-0.25, -0.2) is 32.9 Å². The molecule has 1 saturated heterocycles. The Labute approximate surface area is 207 Å². The molecule has 5 rings (SSSR count). The van der Waals surface area contributed by atoms with Crippen molar-refractivity contribution in [3.05, 3.63) is 36.9 Å². The number of rotatable bonds is 8. The number of anilines is 2. The van der Waals surface area contributed by atoms with Crippen LogP contribution in [0.1, 0.15) is 38.8 Å². The second-order valence-corrected chi connectivity index (χ2v) is 10.3. The number of hydrogen-bond donors (Lipinski definition) is 4. The van der Waals surface area contributed by atoms with E-state index >= 15 is 0 Å². The molecule has 2 aromatic heterocycles. The number of hydrogen-bond acceptors (Lipinski definition) is 8. The molecule has 0 unspecified atom stereocenters. The summed E-state index contributed by atoms with van der Waals surface area (Å²) in [6.45, 7) is 2.38. The number of amides is 3. The van der Waals surface area contributed by atoms with E-state index in [0.717, 1.165) is 12.8 Å². The number of benzene rings is 1. The summed E-state index contributed by atoms with van der Waals surface area (Å²) in [6.07, 6.45) is 4.77. The van der Waals surface area contributed by atoms with Gasteiger partial charge >= 0.3 is 6.03 Å². The van der Waals surface area contributed by atoms with Crippen molar-refractivity contribution in [2.45, 2.75) is 55.9 Å². The number of nitrogens with zero attached hydrogens (tertiary/aromatic N) is 4. The Morgan fingerprint density at radius 1 is 1.06 bits per heavy atom. The number of sulfonamides is 1. The third-order valence-electron chi connectivity index (χ3n) is 5.86. The lowest BCUT2D eigenvalue weighted by molar-refractivity contribution is -0.133. The van der Waals surface area contributed by atoms with Crippen molar-refractivity contribution < 1.29 is 22.7 Å². The van der Waals surface area contributed by atoms with E-state index in [1.165, 1.54) is 30.6 Å². The van der Waals surface area contributed by atoms with Gasteiger partial charge in [0, 0.05) is 18.3 Å². The van der Waals surface area contributed by atoms with Crippen molar-refractivity contribution in [2.75, 3.05) is 17.2 Å². The highest BCUT2D eigenvalue weighted by atomic mass is 32.2. The molecular formula is C22H26N8O5S. The molecule has 3 heterocycles. The van der Waals surface area contributed by atoms with Crippen molar-refractivity contribution in [3.63, 3.8) is 0 Å². The number of fused-ring (bicyclic) bond motifs is 1. The van der Waals surface area contributed by atoms with E-state index < -0.39 is 28.4 Å². The molecule has 0 bridgehead atoms. The van der Waals surface area contributed by atoms with Gasteiger partial charge in [-0.2, -0.15) is 0 Å². The minimum absolute atomic E-state index is 0.00831. The van der Waals surface area contributed by atoms with Crippen LogP contribution in [-0.4, -0.2) is 58.6 Å². The summed E-state index contributed by atoms with van der Waals surface area (Å²) in [5.74, 6) is 0.0465. The van der Waals surface area contributed by atoms with Crippen LogP contribution < -0.4 is 20.7 Å². The third kappa shape index (κ3) is 5.15. The molecule has 2 atom stereocenters. The molecular weight excluding hydrogens is 488 g/mol.